The van der Waals surface area contributed by atoms with E-state index in [1.807, 2.05) is 0 Å². The number of esters is 2. The molecular weight excluding hydrogens is 450 g/mol. The minimum atomic E-state index is -1.17. The lowest BCUT2D eigenvalue weighted by atomic mass is 10.1. The van der Waals surface area contributed by atoms with Gasteiger partial charge < -0.3 is 25.8 Å². The first-order valence-electron chi connectivity index (χ1n) is 10.6. The van der Waals surface area contributed by atoms with Crippen LogP contribution in [0, 0.1) is 0 Å². The van der Waals surface area contributed by atoms with Gasteiger partial charge in [0.25, 0.3) is 0 Å². The number of hydrogen-bond acceptors (Lipinski definition) is 6. The summed E-state index contributed by atoms with van der Waals surface area (Å²) in [7, 11) is 0. The molecule has 0 aromatic heterocycles. The highest BCUT2D eigenvalue weighted by molar-refractivity contribution is 6.31. The predicted molar refractivity (Wildman–Crippen MR) is 124 cm³/mol. The number of nitrogens with two attached hydrogens (primary N) is 1. The fourth-order valence-corrected chi connectivity index (χ4v) is 2.98. The Hall–Kier alpha value is -2.81. The number of ether oxygens (including phenoxy) is 2. The molecule has 0 spiro atoms. The Labute approximate surface area is 199 Å². The van der Waals surface area contributed by atoms with Crippen molar-refractivity contribution in [2.45, 2.75) is 84.6 Å². The maximum Gasteiger partial charge on any atom is 0.329 e. The molecule has 0 aliphatic carbocycles. The molecule has 33 heavy (non-hydrogen) atoms. The zero-order valence-corrected chi connectivity index (χ0v) is 20.8. The third-order valence-electron chi connectivity index (χ3n) is 4.03. The summed E-state index contributed by atoms with van der Waals surface area (Å²) in [6, 6.07) is 3.38. The molecule has 9 nitrogen and oxygen atoms in total. The molecule has 0 saturated carbocycles. The van der Waals surface area contributed by atoms with Crippen molar-refractivity contribution in [1.82, 2.24) is 10.6 Å². The summed E-state index contributed by atoms with van der Waals surface area (Å²) in [5, 5.41) is 5.46. The van der Waals surface area contributed by atoms with Crippen LogP contribution in [0.15, 0.2) is 18.2 Å². The van der Waals surface area contributed by atoms with Gasteiger partial charge in [0.05, 0.1) is 6.42 Å². The van der Waals surface area contributed by atoms with Gasteiger partial charge in [-0.25, -0.2) is 9.59 Å². The summed E-state index contributed by atoms with van der Waals surface area (Å²) in [6.45, 7) is 10.4. The van der Waals surface area contributed by atoms with Gasteiger partial charge in [-0.3, -0.25) is 9.59 Å². The number of halogens is 1. The predicted octanol–water partition coefficient (Wildman–Crippen LogP) is 3.00. The number of carbonyl (C=O) groups is 4. The molecule has 0 radical (unpaired) electrons. The van der Waals surface area contributed by atoms with Crippen molar-refractivity contribution in [3.63, 3.8) is 0 Å². The SMILES string of the molecule is CC(C)(C)OC(=O)C[C@H](NC(=O)CCc1ccc(CNC(N)=O)c(Cl)c1)C(=O)OC(C)(C)C. The standard InChI is InChI=1S/C23H34ClN3O6/c1-22(2,3)32-19(29)12-17(20(30)33-23(4,5)6)27-18(28)10-8-14-7-9-15(16(24)11-14)13-26-21(25)31/h7,9,11,17H,8,10,12-13H2,1-6H3,(H,27,28)(H3,25,26,31)/t17-/m0/s1. The zero-order chi connectivity index (χ0) is 25.4. The lowest BCUT2D eigenvalue weighted by molar-refractivity contribution is -0.165. The van der Waals surface area contributed by atoms with Crippen molar-refractivity contribution in [2.75, 3.05) is 0 Å². The van der Waals surface area contributed by atoms with Crippen molar-refractivity contribution in [1.29, 1.82) is 0 Å². The van der Waals surface area contributed by atoms with E-state index in [0.29, 0.717) is 17.0 Å². The normalized spacial score (nSPS) is 12.5. The number of hydrogen-bond donors (Lipinski definition) is 3. The molecular formula is C23H34ClN3O6. The maximum atomic E-state index is 12.6. The first-order valence-corrected chi connectivity index (χ1v) is 11.0. The number of primary amides is 1. The molecule has 0 bridgehead atoms. The minimum absolute atomic E-state index is 0.0584. The summed E-state index contributed by atoms with van der Waals surface area (Å²) in [5.74, 6) is -1.76. The fraction of sp³-hybridized carbons (Fsp3) is 0.565. The summed E-state index contributed by atoms with van der Waals surface area (Å²) >= 11 is 6.22. The van der Waals surface area contributed by atoms with Crippen LogP contribution in [-0.2, 0) is 36.8 Å². The van der Waals surface area contributed by atoms with E-state index in [2.05, 4.69) is 10.6 Å². The summed E-state index contributed by atoms with van der Waals surface area (Å²) < 4.78 is 10.6. The number of carbonyl (C=O) groups excluding carboxylic acids is 4. The lowest BCUT2D eigenvalue weighted by Gasteiger charge is -2.25. The van der Waals surface area contributed by atoms with E-state index in [-0.39, 0.29) is 19.4 Å². The van der Waals surface area contributed by atoms with Crippen molar-refractivity contribution in [3.8, 4) is 0 Å². The highest BCUT2D eigenvalue weighted by Gasteiger charge is 2.30. The molecule has 1 atom stereocenters. The third kappa shape index (κ3) is 12.1. The molecule has 0 fully saturated rings. The Morgan fingerprint density at radius 2 is 1.64 bits per heavy atom. The summed E-state index contributed by atoms with van der Waals surface area (Å²) in [4.78, 5) is 48.2. The number of amides is 3. The van der Waals surface area contributed by atoms with Gasteiger partial charge in [0.1, 0.15) is 17.2 Å². The molecule has 1 aromatic carbocycles. The highest BCUT2D eigenvalue weighted by Crippen LogP contribution is 2.19. The molecule has 10 heteroatoms. The topological polar surface area (TPSA) is 137 Å². The minimum Gasteiger partial charge on any atom is -0.460 e. The molecule has 1 aromatic rings. The monoisotopic (exact) mass is 483 g/mol. The van der Waals surface area contributed by atoms with E-state index >= 15 is 0 Å². The second kappa shape index (κ2) is 11.9. The van der Waals surface area contributed by atoms with E-state index in [4.69, 9.17) is 26.8 Å². The maximum absolute atomic E-state index is 12.6. The van der Waals surface area contributed by atoms with Crippen molar-refractivity contribution in [3.05, 3.63) is 34.3 Å². The summed E-state index contributed by atoms with van der Waals surface area (Å²) in [6.07, 6.45) is 0.0662. The molecule has 0 unspecified atom stereocenters. The van der Waals surface area contributed by atoms with E-state index < -0.39 is 41.1 Å². The van der Waals surface area contributed by atoms with Gasteiger partial charge in [-0.05, 0) is 65.2 Å². The van der Waals surface area contributed by atoms with Crippen LogP contribution in [0.25, 0.3) is 0 Å². The van der Waals surface area contributed by atoms with Crippen LogP contribution >= 0.6 is 11.6 Å². The Morgan fingerprint density at radius 3 is 2.15 bits per heavy atom. The van der Waals surface area contributed by atoms with E-state index in [1.165, 1.54) is 0 Å². The van der Waals surface area contributed by atoms with E-state index in [9.17, 15) is 19.2 Å². The Kier molecular flexibility index (Phi) is 10.2. The van der Waals surface area contributed by atoms with E-state index in [1.54, 1.807) is 59.7 Å². The molecule has 184 valence electrons. The van der Waals surface area contributed by atoms with Gasteiger partial charge in [0.2, 0.25) is 5.91 Å². The second-order valence-electron chi connectivity index (χ2n) is 9.59. The fourth-order valence-electron chi connectivity index (χ4n) is 2.71. The smallest absolute Gasteiger partial charge is 0.329 e. The van der Waals surface area contributed by atoms with Crippen molar-refractivity contribution >= 4 is 35.5 Å². The van der Waals surface area contributed by atoms with Gasteiger partial charge in [-0.1, -0.05) is 23.7 Å². The van der Waals surface area contributed by atoms with Gasteiger partial charge in [0.15, 0.2) is 0 Å². The average molecular weight is 484 g/mol. The number of benzene rings is 1. The number of nitrogens with one attached hydrogen (secondary N) is 2. The molecule has 0 heterocycles. The van der Waals surface area contributed by atoms with Crippen LogP contribution < -0.4 is 16.4 Å². The Morgan fingerprint density at radius 1 is 1.03 bits per heavy atom. The zero-order valence-electron chi connectivity index (χ0n) is 20.0. The molecule has 0 aliphatic heterocycles. The molecule has 0 saturated heterocycles. The second-order valence-corrected chi connectivity index (χ2v) is 9.99. The number of aryl methyl sites for hydroxylation is 1. The van der Waals surface area contributed by atoms with Crippen LogP contribution in [0.1, 0.15) is 65.5 Å². The third-order valence-corrected chi connectivity index (χ3v) is 4.38. The Balaban J connectivity index is 2.78. The van der Waals surface area contributed by atoms with Gasteiger partial charge in [-0.2, -0.15) is 0 Å². The number of rotatable bonds is 9. The van der Waals surface area contributed by atoms with Crippen molar-refractivity contribution in [2.24, 2.45) is 5.73 Å². The lowest BCUT2D eigenvalue weighted by Crippen LogP contribution is -2.46. The van der Waals surface area contributed by atoms with Gasteiger partial charge >= 0.3 is 18.0 Å². The quantitative estimate of drug-likeness (QED) is 0.462. The van der Waals surface area contributed by atoms with E-state index in [0.717, 1.165) is 5.56 Å². The molecule has 4 N–H and O–H groups in total. The van der Waals surface area contributed by atoms with Gasteiger partial charge in [0, 0.05) is 18.0 Å². The first kappa shape index (κ1) is 28.2. The largest absolute Gasteiger partial charge is 0.460 e. The molecule has 1 rings (SSSR count). The van der Waals surface area contributed by atoms with Crippen LogP contribution in [-0.4, -0.2) is 41.1 Å². The highest BCUT2D eigenvalue weighted by atomic mass is 35.5. The van der Waals surface area contributed by atoms with Crippen LogP contribution in [0.4, 0.5) is 4.79 Å². The average Bonchev–Trinajstić information content (AvgIpc) is 2.62. The van der Waals surface area contributed by atoms with Crippen LogP contribution in [0.5, 0.6) is 0 Å². The van der Waals surface area contributed by atoms with Crippen LogP contribution in [0.3, 0.4) is 0 Å². The Bertz CT molecular complexity index is 874. The molecule has 3 amide bonds. The first-order chi connectivity index (χ1) is 15.1. The summed E-state index contributed by atoms with van der Waals surface area (Å²) in [5.41, 5.74) is 5.03. The number of urea groups is 1. The van der Waals surface area contributed by atoms with Crippen LogP contribution in [0.2, 0.25) is 5.02 Å². The molecule has 0 aliphatic rings. The van der Waals surface area contributed by atoms with Gasteiger partial charge in [-0.15, -0.1) is 0 Å². The van der Waals surface area contributed by atoms with Crippen molar-refractivity contribution < 1.29 is 28.7 Å².